The molecule has 0 aliphatic rings. The monoisotopic (exact) mass is 172 g/mol. The van der Waals surface area contributed by atoms with E-state index < -0.39 is 0 Å². The van der Waals surface area contributed by atoms with E-state index in [1.165, 1.54) is 0 Å². The molecular weight excluding hydrogens is 152 g/mol. The molecule has 0 aliphatic carbocycles. The molecule has 0 radical (unpaired) electrons. The first-order valence-corrected chi connectivity index (χ1v) is 4.72. The van der Waals surface area contributed by atoms with Gasteiger partial charge in [-0.25, -0.2) is 0 Å². The lowest BCUT2D eigenvalue weighted by atomic mass is 10.5. The lowest BCUT2D eigenvalue weighted by Crippen LogP contribution is -1.94. The fraction of sp³-hybridized carbons (Fsp3) is 0.800. The molecule has 2 heteroatoms. The van der Waals surface area contributed by atoms with Crippen molar-refractivity contribution < 1.29 is 9.47 Å². The quantitative estimate of drug-likeness (QED) is 0.413. The zero-order valence-corrected chi connectivity index (χ0v) is 8.21. The van der Waals surface area contributed by atoms with Gasteiger partial charge in [-0.2, -0.15) is 0 Å². The minimum absolute atomic E-state index is 0.712. The number of ether oxygens (including phenoxy) is 2. The maximum Gasteiger partial charge on any atom is 0.0648 e. The van der Waals surface area contributed by atoms with Crippen molar-refractivity contribution in [1.82, 2.24) is 0 Å². The Bertz CT molecular complexity index is 88.0. The average molecular weight is 172 g/mol. The molecule has 0 heterocycles. The fourth-order valence-electron chi connectivity index (χ4n) is 0.728. The van der Waals surface area contributed by atoms with Gasteiger partial charge in [0.15, 0.2) is 0 Å². The molecule has 0 fully saturated rings. The van der Waals surface area contributed by atoms with E-state index in [1.54, 1.807) is 0 Å². The molecule has 0 aromatic heterocycles. The summed E-state index contributed by atoms with van der Waals surface area (Å²) in [6.45, 7) is 7.33. The van der Waals surface area contributed by atoms with Crippen molar-refractivity contribution in [2.45, 2.75) is 26.7 Å². The maximum absolute atomic E-state index is 5.25. The molecule has 0 spiro atoms. The van der Waals surface area contributed by atoms with E-state index >= 15 is 0 Å². The molecule has 2 nitrogen and oxygen atoms in total. The SMILES string of the molecule is CCCOCC=CCOCCC. The number of hydrogen-bond donors (Lipinski definition) is 0. The van der Waals surface area contributed by atoms with Gasteiger partial charge in [-0.1, -0.05) is 26.0 Å². The highest BCUT2D eigenvalue weighted by atomic mass is 16.5. The van der Waals surface area contributed by atoms with Crippen molar-refractivity contribution in [3.8, 4) is 0 Å². The third-order valence-corrected chi connectivity index (χ3v) is 1.29. The molecule has 0 unspecified atom stereocenters. The van der Waals surface area contributed by atoms with E-state index in [2.05, 4.69) is 13.8 Å². The highest BCUT2D eigenvalue weighted by Gasteiger charge is 1.81. The van der Waals surface area contributed by atoms with Gasteiger partial charge in [0.05, 0.1) is 13.2 Å². The lowest BCUT2D eigenvalue weighted by molar-refractivity contribution is 0.154. The van der Waals surface area contributed by atoms with Crippen LogP contribution < -0.4 is 0 Å². The van der Waals surface area contributed by atoms with Gasteiger partial charge in [0.2, 0.25) is 0 Å². The lowest BCUT2D eigenvalue weighted by Gasteiger charge is -1.97. The van der Waals surface area contributed by atoms with E-state index in [0.717, 1.165) is 26.1 Å². The summed E-state index contributed by atoms with van der Waals surface area (Å²) in [4.78, 5) is 0. The van der Waals surface area contributed by atoms with Gasteiger partial charge in [0, 0.05) is 13.2 Å². The summed E-state index contributed by atoms with van der Waals surface area (Å²) >= 11 is 0. The third-order valence-electron chi connectivity index (χ3n) is 1.29. The smallest absolute Gasteiger partial charge is 0.0648 e. The molecule has 72 valence electrons. The molecule has 0 atom stereocenters. The number of rotatable bonds is 8. The maximum atomic E-state index is 5.25. The Morgan fingerprint density at radius 1 is 0.833 bits per heavy atom. The average Bonchev–Trinajstić information content (AvgIpc) is 2.10. The van der Waals surface area contributed by atoms with Gasteiger partial charge < -0.3 is 9.47 Å². The van der Waals surface area contributed by atoms with Crippen molar-refractivity contribution in [2.75, 3.05) is 26.4 Å². The van der Waals surface area contributed by atoms with E-state index in [0.29, 0.717) is 13.2 Å². The molecule has 0 saturated heterocycles. The van der Waals surface area contributed by atoms with Gasteiger partial charge in [-0.15, -0.1) is 0 Å². The molecule has 12 heavy (non-hydrogen) atoms. The highest BCUT2D eigenvalue weighted by molar-refractivity contribution is 4.80. The topological polar surface area (TPSA) is 18.5 Å². The van der Waals surface area contributed by atoms with Gasteiger partial charge in [0.1, 0.15) is 0 Å². The molecule has 0 aromatic rings. The first kappa shape index (κ1) is 11.7. The molecule has 0 aromatic carbocycles. The van der Waals surface area contributed by atoms with E-state index in [1.807, 2.05) is 12.2 Å². The molecule has 0 saturated carbocycles. The number of hydrogen-bond acceptors (Lipinski definition) is 2. The van der Waals surface area contributed by atoms with E-state index in [9.17, 15) is 0 Å². The van der Waals surface area contributed by atoms with Crippen LogP contribution in [0.2, 0.25) is 0 Å². The molecule has 0 amide bonds. The molecule has 0 bridgehead atoms. The van der Waals surface area contributed by atoms with Crippen LogP contribution in [-0.4, -0.2) is 26.4 Å². The Morgan fingerprint density at radius 3 is 1.58 bits per heavy atom. The van der Waals surface area contributed by atoms with Crippen molar-refractivity contribution in [3.05, 3.63) is 12.2 Å². The van der Waals surface area contributed by atoms with Crippen molar-refractivity contribution >= 4 is 0 Å². The predicted molar refractivity (Wildman–Crippen MR) is 51.4 cm³/mol. The third kappa shape index (κ3) is 9.66. The van der Waals surface area contributed by atoms with Crippen molar-refractivity contribution in [3.63, 3.8) is 0 Å². The van der Waals surface area contributed by atoms with Gasteiger partial charge in [-0.05, 0) is 12.8 Å². The highest BCUT2D eigenvalue weighted by Crippen LogP contribution is 1.84. The van der Waals surface area contributed by atoms with Crippen LogP contribution in [0.5, 0.6) is 0 Å². The Morgan fingerprint density at radius 2 is 1.25 bits per heavy atom. The predicted octanol–water partition coefficient (Wildman–Crippen LogP) is 2.40. The second kappa shape index (κ2) is 10.7. The standard InChI is InChI=1S/C10H20O2/c1-3-7-11-9-5-6-10-12-8-4-2/h5-6H,3-4,7-10H2,1-2H3. The van der Waals surface area contributed by atoms with Crippen LogP contribution >= 0.6 is 0 Å². The second-order valence-corrected chi connectivity index (χ2v) is 2.62. The van der Waals surface area contributed by atoms with Crippen LogP contribution in [-0.2, 0) is 9.47 Å². The minimum Gasteiger partial charge on any atom is -0.377 e. The van der Waals surface area contributed by atoms with Crippen LogP contribution in [0.1, 0.15) is 26.7 Å². The first-order chi connectivity index (χ1) is 5.91. The zero-order chi connectivity index (χ0) is 9.07. The van der Waals surface area contributed by atoms with Crippen LogP contribution in [0.3, 0.4) is 0 Å². The van der Waals surface area contributed by atoms with Crippen molar-refractivity contribution in [1.29, 1.82) is 0 Å². The summed E-state index contributed by atoms with van der Waals surface area (Å²) < 4.78 is 10.5. The molecule has 0 aliphatic heterocycles. The minimum atomic E-state index is 0.712. The summed E-state index contributed by atoms with van der Waals surface area (Å²) in [7, 11) is 0. The Hall–Kier alpha value is -0.340. The first-order valence-electron chi connectivity index (χ1n) is 4.72. The molecule has 0 N–H and O–H groups in total. The zero-order valence-electron chi connectivity index (χ0n) is 8.21. The van der Waals surface area contributed by atoms with Crippen molar-refractivity contribution in [2.24, 2.45) is 0 Å². The Kier molecular flexibility index (Phi) is 10.4. The van der Waals surface area contributed by atoms with Crippen LogP contribution in [0.15, 0.2) is 12.2 Å². The second-order valence-electron chi connectivity index (χ2n) is 2.62. The van der Waals surface area contributed by atoms with Crippen LogP contribution in [0.25, 0.3) is 0 Å². The van der Waals surface area contributed by atoms with Crippen LogP contribution in [0, 0.1) is 0 Å². The summed E-state index contributed by atoms with van der Waals surface area (Å²) in [6, 6.07) is 0. The summed E-state index contributed by atoms with van der Waals surface area (Å²) in [5, 5.41) is 0. The van der Waals surface area contributed by atoms with Gasteiger partial charge >= 0.3 is 0 Å². The summed E-state index contributed by atoms with van der Waals surface area (Å²) in [6.07, 6.45) is 6.18. The fourth-order valence-corrected chi connectivity index (χ4v) is 0.728. The van der Waals surface area contributed by atoms with E-state index in [-0.39, 0.29) is 0 Å². The van der Waals surface area contributed by atoms with Gasteiger partial charge in [0.25, 0.3) is 0 Å². The van der Waals surface area contributed by atoms with Crippen LogP contribution in [0.4, 0.5) is 0 Å². The molecular formula is C10H20O2. The summed E-state index contributed by atoms with van der Waals surface area (Å²) in [5.41, 5.74) is 0. The van der Waals surface area contributed by atoms with Gasteiger partial charge in [-0.3, -0.25) is 0 Å². The normalized spacial score (nSPS) is 11.2. The Balaban J connectivity index is 2.93. The Labute approximate surface area is 75.6 Å². The largest absolute Gasteiger partial charge is 0.377 e. The summed E-state index contributed by atoms with van der Waals surface area (Å²) in [5.74, 6) is 0. The van der Waals surface area contributed by atoms with E-state index in [4.69, 9.17) is 9.47 Å². The molecule has 0 rings (SSSR count).